The third-order valence-corrected chi connectivity index (χ3v) is 3.17. The normalized spacial score (nSPS) is 18.5. The van der Waals surface area contributed by atoms with Crippen LogP contribution in [0.4, 0.5) is 0 Å². The van der Waals surface area contributed by atoms with Crippen molar-refractivity contribution in [2.45, 2.75) is 26.7 Å². The minimum Gasteiger partial charge on any atom is -0.359 e. The van der Waals surface area contributed by atoms with Crippen LogP contribution >= 0.6 is 12.4 Å². The van der Waals surface area contributed by atoms with Gasteiger partial charge in [0.15, 0.2) is 0 Å². The zero-order valence-electron chi connectivity index (χ0n) is 9.22. The van der Waals surface area contributed by atoms with Gasteiger partial charge in [-0.1, -0.05) is 13.8 Å². The molecule has 1 rings (SSSR count). The minimum absolute atomic E-state index is 0. The van der Waals surface area contributed by atoms with Gasteiger partial charge in [-0.2, -0.15) is 0 Å². The van der Waals surface area contributed by atoms with Crippen LogP contribution in [0.15, 0.2) is 0 Å². The van der Waals surface area contributed by atoms with Gasteiger partial charge in [0.05, 0.1) is 0 Å². The lowest BCUT2D eigenvalue weighted by Gasteiger charge is -2.35. The molecule has 84 valence electrons. The number of carbonyl (C=O) groups is 1. The van der Waals surface area contributed by atoms with Crippen molar-refractivity contribution in [2.75, 3.05) is 20.1 Å². The number of piperidine rings is 1. The van der Waals surface area contributed by atoms with E-state index in [1.165, 1.54) is 0 Å². The zero-order chi connectivity index (χ0) is 9.90. The van der Waals surface area contributed by atoms with E-state index in [0.717, 1.165) is 25.9 Å². The second-order valence-electron chi connectivity index (χ2n) is 4.33. The fourth-order valence-electron chi connectivity index (χ4n) is 2.05. The monoisotopic (exact) mass is 220 g/mol. The first-order chi connectivity index (χ1) is 6.09. The molecular weight excluding hydrogens is 200 g/mol. The van der Waals surface area contributed by atoms with Crippen molar-refractivity contribution < 1.29 is 4.79 Å². The third kappa shape index (κ3) is 2.85. The Bertz CT molecular complexity index is 189. The van der Waals surface area contributed by atoms with Gasteiger partial charge in [0, 0.05) is 12.5 Å². The number of nitrogens with one attached hydrogen (secondary N) is 2. The largest absolute Gasteiger partial charge is 0.359 e. The molecule has 0 saturated carbocycles. The maximum atomic E-state index is 11.6. The summed E-state index contributed by atoms with van der Waals surface area (Å²) in [5.74, 6) is 0.688. The van der Waals surface area contributed by atoms with Crippen LogP contribution in [-0.2, 0) is 4.79 Å². The summed E-state index contributed by atoms with van der Waals surface area (Å²) in [7, 11) is 1.71. The summed E-state index contributed by atoms with van der Waals surface area (Å²) in [4.78, 5) is 11.6. The number of halogens is 1. The molecule has 0 aromatic rings. The van der Waals surface area contributed by atoms with Crippen molar-refractivity contribution in [3.63, 3.8) is 0 Å². The molecule has 0 spiro atoms. The molecule has 1 heterocycles. The molecule has 2 N–H and O–H groups in total. The summed E-state index contributed by atoms with van der Waals surface area (Å²) in [6.45, 7) is 6.18. The second-order valence-corrected chi connectivity index (χ2v) is 4.33. The van der Waals surface area contributed by atoms with Gasteiger partial charge in [-0.25, -0.2) is 0 Å². The molecule has 0 aromatic carbocycles. The highest BCUT2D eigenvalue weighted by Crippen LogP contribution is 2.33. The van der Waals surface area contributed by atoms with E-state index in [1.807, 2.05) is 13.8 Å². The first-order valence-corrected chi connectivity index (χ1v) is 5.02. The maximum absolute atomic E-state index is 11.6. The van der Waals surface area contributed by atoms with Crippen LogP contribution < -0.4 is 10.6 Å². The highest BCUT2D eigenvalue weighted by atomic mass is 35.5. The average Bonchev–Trinajstić information content (AvgIpc) is 2.18. The van der Waals surface area contributed by atoms with Gasteiger partial charge in [-0.3, -0.25) is 4.79 Å². The topological polar surface area (TPSA) is 41.1 Å². The lowest BCUT2D eigenvalue weighted by molar-refractivity contribution is -0.132. The average molecular weight is 221 g/mol. The molecule has 1 saturated heterocycles. The summed E-state index contributed by atoms with van der Waals surface area (Å²) in [6.07, 6.45) is 2.22. The van der Waals surface area contributed by atoms with E-state index in [2.05, 4.69) is 10.6 Å². The predicted octanol–water partition coefficient (Wildman–Crippen LogP) is 1.18. The van der Waals surface area contributed by atoms with Crippen molar-refractivity contribution >= 4 is 18.3 Å². The van der Waals surface area contributed by atoms with E-state index in [1.54, 1.807) is 7.05 Å². The Morgan fingerprint density at radius 1 is 1.36 bits per heavy atom. The van der Waals surface area contributed by atoms with E-state index < -0.39 is 0 Å². The van der Waals surface area contributed by atoms with Gasteiger partial charge in [-0.15, -0.1) is 12.4 Å². The highest BCUT2D eigenvalue weighted by molar-refractivity contribution is 5.85. The van der Waals surface area contributed by atoms with Crippen molar-refractivity contribution in [2.24, 2.45) is 11.3 Å². The van der Waals surface area contributed by atoms with Crippen LogP contribution in [0.1, 0.15) is 26.7 Å². The molecule has 1 aliphatic rings. The van der Waals surface area contributed by atoms with Crippen molar-refractivity contribution in [3.05, 3.63) is 0 Å². The van der Waals surface area contributed by atoms with Crippen molar-refractivity contribution in [3.8, 4) is 0 Å². The van der Waals surface area contributed by atoms with E-state index >= 15 is 0 Å². The number of amides is 1. The number of carbonyl (C=O) groups excluding carboxylic acids is 1. The molecule has 0 aliphatic carbocycles. The third-order valence-electron chi connectivity index (χ3n) is 3.17. The maximum Gasteiger partial charge on any atom is 0.225 e. The van der Waals surface area contributed by atoms with E-state index in [-0.39, 0.29) is 23.7 Å². The van der Waals surface area contributed by atoms with Crippen molar-refractivity contribution in [1.29, 1.82) is 0 Å². The van der Waals surface area contributed by atoms with E-state index in [0.29, 0.717) is 5.92 Å². The quantitative estimate of drug-likeness (QED) is 0.734. The Balaban J connectivity index is 0.00000169. The lowest BCUT2D eigenvalue weighted by atomic mass is 9.73. The summed E-state index contributed by atoms with van der Waals surface area (Å²) >= 11 is 0. The molecule has 1 fully saturated rings. The molecule has 1 aliphatic heterocycles. The lowest BCUT2D eigenvalue weighted by Crippen LogP contribution is -2.44. The molecule has 1 amide bonds. The molecule has 0 unspecified atom stereocenters. The molecule has 0 bridgehead atoms. The Morgan fingerprint density at radius 2 is 1.86 bits per heavy atom. The number of hydrogen-bond donors (Lipinski definition) is 2. The summed E-state index contributed by atoms with van der Waals surface area (Å²) < 4.78 is 0. The van der Waals surface area contributed by atoms with Gasteiger partial charge in [0.25, 0.3) is 0 Å². The number of rotatable bonds is 2. The Labute approximate surface area is 92.4 Å². The zero-order valence-corrected chi connectivity index (χ0v) is 10.0. The fourth-order valence-corrected chi connectivity index (χ4v) is 2.05. The van der Waals surface area contributed by atoms with E-state index in [4.69, 9.17) is 0 Å². The molecule has 0 radical (unpaired) electrons. The second kappa shape index (κ2) is 5.56. The van der Waals surface area contributed by atoms with E-state index in [9.17, 15) is 4.79 Å². The van der Waals surface area contributed by atoms with Crippen LogP contribution in [0.5, 0.6) is 0 Å². The summed E-state index contributed by atoms with van der Waals surface area (Å²) in [5.41, 5.74) is -0.211. The molecule has 4 heteroatoms. The van der Waals surface area contributed by atoms with Crippen LogP contribution in [0, 0.1) is 11.3 Å². The Morgan fingerprint density at radius 3 is 2.29 bits per heavy atom. The highest BCUT2D eigenvalue weighted by Gasteiger charge is 2.36. The molecule has 14 heavy (non-hydrogen) atoms. The molecular formula is C10H21ClN2O. The van der Waals surface area contributed by atoms with Gasteiger partial charge in [-0.05, 0) is 31.8 Å². The molecule has 3 nitrogen and oxygen atoms in total. The SMILES string of the molecule is CNC(=O)C(C)(C)C1CCNCC1.Cl. The predicted molar refractivity (Wildman–Crippen MR) is 60.7 cm³/mol. The van der Waals surface area contributed by atoms with Gasteiger partial charge in [0.2, 0.25) is 5.91 Å². The Kier molecular flexibility index (Phi) is 5.45. The first-order valence-electron chi connectivity index (χ1n) is 5.02. The van der Waals surface area contributed by atoms with Crippen LogP contribution in [0.2, 0.25) is 0 Å². The molecule has 0 atom stereocenters. The standard InChI is InChI=1S/C10H20N2O.ClH/c1-10(2,9(13)11-3)8-4-6-12-7-5-8;/h8,12H,4-7H2,1-3H3,(H,11,13);1H. The van der Waals surface area contributed by atoms with Gasteiger partial charge < -0.3 is 10.6 Å². The van der Waals surface area contributed by atoms with Gasteiger partial charge >= 0.3 is 0 Å². The smallest absolute Gasteiger partial charge is 0.225 e. The summed E-state index contributed by atoms with van der Waals surface area (Å²) in [6, 6.07) is 0. The van der Waals surface area contributed by atoms with Crippen LogP contribution in [0.25, 0.3) is 0 Å². The fraction of sp³-hybridized carbons (Fsp3) is 0.900. The van der Waals surface area contributed by atoms with Crippen LogP contribution in [-0.4, -0.2) is 26.0 Å². The van der Waals surface area contributed by atoms with Crippen LogP contribution in [0.3, 0.4) is 0 Å². The Hall–Kier alpha value is -0.280. The first kappa shape index (κ1) is 13.7. The number of hydrogen-bond acceptors (Lipinski definition) is 2. The summed E-state index contributed by atoms with van der Waals surface area (Å²) in [5, 5.41) is 6.06. The van der Waals surface area contributed by atoms with Crippen molar-refractivity contribution in [1.82, 2.24) is 10.6 Å². The minimum atomic E-state index is -0.211. The van der Waals surface area contributed by atoms with Gasteiger partial charge in [0.1, 0.15) is 0 Å². The molecule has 0 aromatic heterocycles.